The molecule has 0 fully saturated rings. The fourth-order valence-electron chi connectivity index (χ4n) is 4.05. The molecule has 3 aromatic carbocycles. The van der Waals surface area contributed by atoms with Crippen molar-refractivity contribution < 1.29 is 23.1 Å². The molecule has 0 aliphatic heterocycles. The van der Waals surface area contributed by atoms with E-state index in [4.69, 9.17) is 21.4 Å². The third kappa shape index (κ3) is 6.90. The number of rotatable bonds is 12. The van der Waals surface area contributed by atoms with E-state index in [0.29, 0.717) is 39.9 Å². The zero-order chi connectivity index (χ0) is 26.4. The second-order valence-corrected chi connectivity index (χ2v) is 12.3. The van der Waals surface area contributed by atoms with Crippen molar-refractivity contribution >= 4 is 49.0 Å². The Kier molecular flexibility index (Phi) is 8.87. The quantitative estimate of drug-likeness (QED) is 0.224. The number of carbonyl (C=O) groups is 1. The highest BCUT2D eigenvalue weighted by Gasteiger charge is 2.29. The topological polar surface area (TPSA) is 83.9 Å². The van der Waals surface area contributed by atoms with Crippen molar-refractivity contribution in [3.05, 3.63) is 94.5 Å². The van der Waals surface area contributed by atoms with Crippen molar-refractivity contribution in [3.63, 3.8) is 0 Å². The zero-order valence-electron chi connectivity index (χ0n) is 20.4. The van der Waals surface area contributed by atoms with Crippen LogP contribution >= 0.6 is 22.9 Å². The van der Waals surface area contributed by atoms with Crippen LogP contribution < -0.4 is 4.74 Å². The Morgan fingerprint density at radius 1 is 0.973 bits per heavy atom. The summed E-state index contributed by atoms with van der Waals surface area (Å²) in [6.45, 7) is 2.50. The van der Waals surface area contributed by atoms with Gasteiger partial charge in [0.05, 0.1) is 0 Å². The van der Waals surface area contributed by atoms with E-state index in [0.717, 1.165) is 21.2 Å². The molecule has 1 heterocycles. The molecule has 37 heavy (non-hydrogen) atoms. The molecular weight excluding hydrogens is 530 g/mol. The van der Waals surface area contributed by atoms with Crippen molar-refractivity contribution in [3.8, 4) is 5.75 Å². The van der Waals surface area contributed by atoms with Gasteiger partial charge < -0.3 is 9.84 Å². The van der Waals surface area contributed by atoms with Crippen molar-refractivity contribution in [1.29, 1.82) is 0 Å². The lowest BCUT2D eigenvalue weighted by atomic mass is 10.1. The lowest BCUT2D eigenvalue weighted by Gasteiger charge is -2.22. The van der Waals surface area contributed by atoms with E-state index in [1.165, 1.54) is 15.6 Å². The van der Waals surface area contributed by atoms with E-state index in [2.05, 4.69) is 0 Å². The number of hydrogen-bond acceptors (Lipinski definition) is 5. The van der Waals surface area contributed by atoms with Crippen molar-refractivity contribution in [2.45, 2.75) is 30.4 Å². The van der Waals surface area contributed by atoms with E-state index in [-0.39, 0.29) is 19.6 Å². The van der Waals surface area contributed by atoms with Crippen LogP contribution in [0.5, 0.6) is 5.75 Å². The Labute approximate surface area is 226 Å². The Morgan fingerprint density at radius 2 is 1.68 bits per heavy atom. The van der Waals surface area contributed by atoms with E-state index in [1.807, 2.05) is 55.5 Å². The lowest BCUT2D eigenvalue weighted by Crippen LogP contribution is -2.36. The minimum absolute atomic E-state index is 0.0673. The molecule has 194 valence electrons. The van der Waals surface area contributed by atoms with Gasteiger partial charge in [-0.1, -0.05) is 54.1 Å². The number of benzene rings is 3. The van der Waals surface area contributed by atoms with Gasteiger partial charge in [-0.2, -0.15) is 4.31 Å². The molecule has 4 rings (SSSR count). The van der Waals surface area contributed by atoms with Crippen LogP contribution in [0.25, 0.3) is 10.1 Å². The molecule has 0 spiro atoms. The van der Waals surface area contributed by atoms with Crippen LogP contribution in [0.2, 0.25) is 5.02 Å². The van der Waals surface area contributed by atoms with Gasteiger partial charge in [-0.05, 0) is 72.2 Å². The Hall–Kier alpha value is -2.91. The van der Waals surface area contributed by atoms with Crippen LogP contribution in [0.1, 0.15) is 23.1 Å². The third-order valence-corrected chi connectivity index (χ3v) is 10.1. The predicted octanol–water partition coefficient (Wildman–Crippen LogP) is 6.19. The largest absolute Gasteiger partial charge is 0.492 e. The first kappa shape index (κ1) is 27.1. The molecule has 0 aliphatic rings. The molecule has 0 radical (unpaired) electrons. The molecule has 9 heteroatoms. The van der Waals surface area contributed by atoms with Crippen molar-refractivity contribution in [1.82, 2.24) is 4.31 Å². The minimum Gasteiger partial charge on any atom is -0.492 e. The second kappa shape index (κ2) is 12.1. The highest BCUT2D eigenvalue weighted by atomic mass is 35.5. The molecule has 0 aliphatic carbocycles. The Bertz CT molecular complexity index is 1470. The molecule has 0 atom stereocenters. The maximum absolute atomic E-state index is 13.8. The Balaban J connectivity index is 1.51. The lowest BCUT2D eigenvalue weighted by molar-refractivity contribution is -0.136. The van der Waals surface area contributed by atoms with E-state index in [9.17, 15) is 13.2 Å². The summed E-state index contributed by atoms with van der Waals surface area (Å²) in [6, 6.07) is 22.4. The molecule has 0 bridgehead atoms. The number of ether oxygens (including phenoxy) is 1. The zero-order valence-corrected chi connectivity index (χ0v) is 22.8. The number of thiophene rings is 1. The smallest absolute Gasteiger partial charge is 0.303 e. The van der Waals surface area contributed by atoms with Gasteiger partial charge in [-0.25, -0.2) is 8.42 Å². The minimum atomic E-state index is -3.78. The summed E-state index contributed by atoms with van der Waals surface area (Å²) in [5.41, 5.74) is 2.66. The maximum atomic E-state index is 13.8. The van der Waals surface area contributed by atoms with Crippen LogP contribution in [-0.2, 0) is 27.7 Å². The number of carboxylic acids is 1. The van der Waals surface area contributed by atoms with E-state index >= 15 is 0 Å². The van der Waals surface area contributed by atoms with Crippen molar-refractivity contribution in [2.24, 2.45) is 0 Å². The summed E-state index contributed by atoms with van der Waals surface area (Å²) in [7, 11) is -3.78. The van der Waals surface area contributed by atoms with Gasteiger partial charge in [0.1, 0.15) is 16.6 Å². The standard InChI is InChI=1S/C28H28ClNO5S2/c1-20-25-19-23(29)10-13-26(25)36-28(20)37(33,34)30(16-15-21-5-3-2-4-6-21)17-18-35-24-11-7-22(8-12-24)9-14-27(31)32/h2-8,10-13,19H,9,14-18H2,1H3,(H,31,32). The number of fused-ring (bicyclic) bond motifs is 1. The average Bonchev–Trinajstić information content (AvgIpc) is 3.22. The first-order chi connectivity index (χ1) is 17.7. The number of aryl methyl sites for hydroxylation is 2. The SMILES string of the molecule is Cc1c(S(=O)(=O)N(CCOc2ccc(CCC(=O)O)cc2)CCc2ccccc2)sc2ccc(Cl)cc12. The number of carboxylic acid groups (broad SMARTS) is 1. The molecule has 0 saturated heterocycles. The van der Waals surface area contributed by atoms with Crippen LogP contribution in [0, 0.1) is 6.92 Å². The molecule has 0 amide bonds. The summed E-state index contributed by atoms with van der Waals surface area (Å²) in [5.74, 6) is -0.235. The molecular formula is C28H28ClNO5S2. The predicted molar refractivity (Wildman–Crippen MR) is 148 cm³/mol. The van der Waals surface area contributed by atoms with Gasteiger partial charge in [0.2, 0.25) is 0 Å². The number of halogens is 1. The molecule has 1 N–H and O–H groups in total. The summed E-state index contributed by atoms with van der Waals surface area (Å²) in [4.78, 5) is 10.8. The van der Waals surface area contributed by atoms with Gasteiger partial charge in [-0.3, -0.25) is 4.79 Å². The molecule has 4 aromatic rings. The summed E-state index contributed by atoms with van der Waals surface area (Å²) >= 11 is 7.42. The average molecular weight is 558 g/mol. The second-order valence-electron chi connectivity index (χ2n) is 8.68. The van der Waals surface area contributed by atoms with Gasteiger partial charge in [0.15, 0.2) is 0 Å². The highest BCUT2D eigenvalue weighted by molar-refractivity contribution is 7.91. The van der Waals surface area contributed by atoms with Gasteiger partial charge in [-0.15, -0.1) is 11.3 Å². The van der Waals surface area contributed by atoms with E-state index in [1.54, 1.807) is 24.3 Å². The number of sulfonamides is 1. The maximum Gasteiger partial charge on any atom is 0.303 e. The van der Waals surface area contributed by atoms with Gasteiger partial charge >= 0.3 is 5.97 Å². The number of aliphatic carboxylic acids is 1. The highest BCUT2D eigenvalue weighted by Crippen LogP contribution is 2.37. The number of hydrogen-bond donors (Lipinski definition) is 1. The van der Waals surface area contributed by atoms with Gasteiger partial charge in [0, 0.05) is 29.2 Å². The van der Waals surface area contributed by atoms with E-state index < -0.39 is 16.0 Å². The van der Waals surface area contributed by atoms with Gasteiger partial charge in [0.25, 0.3) is 10.0 Å². The van der Waals surface area contributed by atoms with Crippen molar-refractivity contribution in [2.75, 3.05) is 19.7 Å². The Morgan fingerprint density at radius 3 is 2.38 bits per heavy atom. The molecule has 0 saturated carbocycles. The molecule has 1 aromatic heterocycles. The summed E-state index contributed by atoms with van der Waals surface area (Å²) < 4.78 is 36.2. The fourth-order valence-corrected chi connectivity index (χ4v) is 7.53. The molecule has 6 nitrogen and oxygen atoms in total. The van der Waals surface area contributed by atoms with Crippen LogP contribution in [0.4, 0.5) is 0 Å². The van der Waals surface area contributed by atoms with Crippen LogP contribution in [-0.4, -0.2) is 43.5 Å². The first-order valence-corrected chi connectivity index (χ1v) is 14.5. The van der Waals surface area contributed by atoms with Crippen LogP contribution in [0.3, 0.4) is 0 Å². The number of nitrogens with zero attached hydrogens (tertiary/aromatic N) is 1. The third-order valence-electron chi connectivity index (χ3n) is 6.08. The summed E-state index contributed by atoms with van der Waals surface area (Å²) in [6.07, 6.45) is 1.09. The molecule has 0 unspecified atom stereocenters. The fraction of sp³-hybridized carbons (Fsp3) is 0.250. The summed E-state index contributed by atoms with van der Waals surface area (Å²) in [5, 5.41) is 10.3. The monoisotopic (exact) mass is 557 g/mol. The first-order valence-electron chi connectivity index (χ1n) is 11.9. The normalized spacial score (nSPS) is 11.8. The van der Waals surface area contributed by atoms with Crippen LogP contribution in [0.15, 0.2) is 77.0 Å².